The van der Waals surface area contributed by atoms with Crippen molar-refractivity contribution in [3.05, 3.63) is 59.2 Å². The molecule has 0 aromatic heterocycles. The summed E-state index contributed by atoms with van der Waals surface area (Å²) in [5.41, 5.74) is 3.78. The summed E-state index contributed by atoms with van der Waals surface area (Å²) in [5.74, 6) is -0.682. The summed E-state index contributed by atoms with van der Waals surface area (Å²) in [4.78, 5) is 23.1. The van der Waals surface area contributed by atoms with Gasteiger partial charge in [0.25, 0.3) is 11.8 Å². The highest BCUT2D eigenvalue weighted by Gasteiger charge is 2.26. The van der Waals surface area contributed by atoms with Gasteiger partial charge in [0, 0.05) is 6.61 Å². The van der Waals surface area contributed by atoms with E-state index in [0.29, 0.717) is 17.5 Å². The van der Waals surface area contributed by atoms with Crippen molar-refractivity contribution in [2.75, 3.05) is 6.61 Å². The van der Waals surface area contributed by atoms with Crippen LogP contribution in [0, 0.1) is 0 Å². The molecule has 0 bridgehead atoms. The monoisotopic (exact) mass is 267 g/mol. The minimum atomic E-state index is -0.344. The Morgan fingerprint density at radius 2 is 1.50 bits per heavy atom. The van der Waals surface area contributed by atoms with E-state index in [4.69, 9.17) is 5.11 Å². The molecule has 100 valence electrons. The summed E-state index contributed by atoms with van der Waals surface area (Å²) in [5, 5.41) is 11.2. The Bertz CT molecular complexity index is 689. The van der Waals surface area contributed by atoms with Crippen molar-refractivity contribution in [1.82, 2.24) is 5.32 Å². The fourth-order valence-corrected chi connectivity index (χ4v) is 2.34. The molecule has 0 fully saturated rings. The SMILES string of the molecule is O=C1NC(=O)c2cc(-c3ccc(CCO)cc3)ccc21. The van der Waals surface area contributed by atoms with E-state index in [9.17, 15) is 9.59 Å². The molecule has 3 rings (SSSR count). The minimum Gasteiger partial charge on any atom is -0.396 e. The Morgan fingerprint density at radius 3 is 2.20 bits per heavy atom. The maximum atomic E-state index is 11.6. The molecule has 2 N–H and O–H groups in total. The number of fused-ring (bicyclic) bond motifs is 1. The molecule has 1 aliphatic rings. The van der Waals surface area contributed by atoms with E-state index < -0.39 is 0 Å². The Hall–Kier alpha value is -2.46. The van der Waals surface area contributed by atoms with Crippen molar-refractivity contribution in [1.29, 1.82) is 0 Å². The first-order chi connectivity index (χ1) is 9.69. The molecule has 0 unspecified atom stereocenters. The lowest BCUT2D eigenvalue weighted by Gasteiger charge is -2.05. The van der Waals surface area contributed by atoms with E-state index >= 15 is 0 Å². The molecule has 4 nitrogen and oxygen atoms in total. The van der Waals surface area contributed by atoms with Crippen LogP contribution in [0.4, 0.5) is 0 Å². The van der Waals surface area contributed by atoms with E-state index in [1.165, 1.54) is 0 Å². The van der Waals surface area contributed by atoms with Crippen LogP contribution in [0.25, 0.3) is 11.1 Å². The molecule has 0 spiro atoms. The maximum Gasteiger partial charge on any atom is 0.258 e. The van der Waals surface area contributed by atoms with Gasteiger partial charge in [-0.1, -0.05) is 30.3 Å². The van der Waals surface area contributed by atoms with Crippen molar-refractivity contribution in [2.45, 2.75) is 6.42 Å². The highest BCUT2D eigenvalue weighted by Crippen LogP contribution is 2.25. The zero-order valence-corrected chi connectivity index (χ0v) is 10.7. The molecular weight excluding hydrogens is 254 g/mol. The predicted octanol–water partition coefficient (Wildman–Crippen LogP) is 1.77. The largest absolute Gasteiger partial charge is 0.396 e. The number of aliphatic hydroxyl groups excluding tert-OH is 1. The van der Waals surface area contributed by atoms with Gasteiger partial charge in [-0.3, -0.25) is 14.9 Å². The molecule has 1 heterocycles. The number of carbonyl (C=O) groups excluding carboxylic acids is 2. The van der Waals surface area contributed by atoms with Crippen LogP contribution in [-0.2, 0) is 6.42 Å². The third-order valence-corrected chi connectivity index (χ3v) is 3.42. The fraction of sp³-hybridized carbons (Fsp3) is 0.125. The number of benzene rings is 2. The predicted molar refractivity (Wildman–Crippen MR) is 74.5 cm³/mol. The first-order valence-corrected chi connectivity index (χ1v) is 6.39. The third-order valence-electron chi connectivity index (χ3n) is 3.42. The Labute approximate surface area is 116 Å². The van der Waals surface area contributed by atoms with Gasteiger partial charge in [0.2, 0.25) is 0 Å². The van der Waals surface area contributed by atoms with Gasteiger partial charge >= 0.3 is 0 Å². The minimum absolute atomic E-state index is 0.125. The number of hydrogen-bond donors (Lipinski definition) is 2. The van der Waals surface area contributed by atoms with Gasteiger partial charge in [-0.05, 0) is 35.2 Å². The lowest BCUT2D eigenvalue weighted by Crippen LogP contribution is -2.19. The van der Waals surface area contributed by atoms with Crippen molar-refractivity contribution in [3.8, 4) is 11.1 Å². The van der Waals surface area contributed by atoms with Crippen LogP contribution in [0.5, 0.6) is 0 Å². The fourth-order valence-electron chi connectivity index (χ4n) is 2.34. The smallest absolute Gasteiger partial charge is 0.258 e. The van der Waals surface area contributed by atoms with Crippen molar-refractivity contribution in [3.63, 3.8) is 0 Å². The molecule has 0 aliphatic carbocycles. The molecule has 4 heteroatoms. The highest BCUT2D eigenvalue weighted by atomic mass is 16.3. The van der Waals surface area contributed by atoms with Crippen LogP contribution in [0.2, 0.25) is 0 Å². The van der Waals surface area contributed by atoms with E-state index in [1.54, 1.807) is 12.1 Å². The standard InChI is InChI=1S/C16H13NO3/c18-8-7-10-1-3-11(4-2-10)12-5-6-13-14(9-12)16(20)17-15(13)19/h1-6,9,18H,7-8H2,(H,17,19,20). The second-order valence-corrected chi connectivity index (χ2v) is 4.71. The van der Waals surface area contributed by atoms with Crippen LogP contribution in [0.1, 0.15) is 26.3 Å². The van der Waals surface area contributed by atoms with Crippen LogP contribution in [-0.4, -0.2) is 23.5 Å². The van der Waals surface area contributed by atoms with Crippen molar-refractivity contribution >= 4 is 11.8 Å². The Balaban J connectivity index is 1.97. The van der Waals surface area contributed by atoms with Crippen LogP contribution in [0.3, 0.4) is 0 Å². The van der Waals surface area contributed by atoms with Gasteiger partial charge in [-0.25, -0.2) is 0 Å². The van der Waals surface area contributed by atoms with Gasteiger partial charge in [0.1, 0.15) is 0 Å². The van der Waals surface area contributed by atoms with Gasteiger partial charge in [0.05, 0.1) is 11.1 Å². The molecular formula is C16H13NO3. The third kappa shape index (κ3) is 2.10. The average Bonchev–Trinajstić information content (AvgIpc) is 2.75. The van der Waals surface area contributed by atoms with Crippen molar-refractivity contribution in [2.24, 2.45) is 0 Å². The number of hydrogen-bond acceptors (Lipinski definition) is 3. The van der Waals surface area contributed by atoms with E-state index in [0.717, 1.165) is 16.7 Å². The summed E-state index contributed by atoms with van der Waals surface area (Å²) >= 11 is 0. The lowest BCUT2D eigenvalue weighted by atomic mass is 9.99. The molecule has 0 radical (unpaired) electrons. The summed E-state index contributed by atoms with van der Waals surface area (Å²) in [6.07, 6.45) is 0.626. The second kappa shape index (κ2) is 4.90. The quantitative estimate of drug-likeness (QED) is 0.833. The summed E-state index contributed by atoms with van der Waals surface area (Å²) in [7, 11) is 0. The number of rotatable bonds is 3. The van der Waals surface area contributed by atoms with Gasteiger partial charge in [-0.2, -0.15) is 0 Å². The van der Waals surface area contributed by atoms with Gasteiger partial charge < -0.3 is 5.11 Å². The first kappa shape index (κ1) is 12.6. The number of nitrogens with one attached hydrogen (secondary N) is 1. The second-order valence-electron chi connectivity index (χ2n) is 4.71. The zero-order valence-electron chi connectivity index (χ0n) is 10.7. The summed E-state index contributed by atoms with van der Waals surface area (Å²) < 4.78 is 0. The van der Waals surface area contributed by atoms with E-state index in [-0.39, 0.29) is 18.4 Å². The normalized spacial score (nSPS) is 13.2. The first-order valence-electron chi connectivity index (χ1n) is 6.39. The number of aliphatic hydroxyl groups is 1. The summed E-state index contributed by atoms with van der Waals surface area (Å²) in [6.45, 7) is 0.125. The highest BCUT2D eigenvalue weighted by molar-refractivity contribution is 6.21. The maximum absolute atomic E-state index is 11.6. The molecule has 20 heavy (non-hydrogen) atoms. The van der Waals surface area contributed by atoms with Gasteiger partial charge in [0.15, 0.2) is 0 Å². The zero-order chi connectivity index (χ0) is 14.1. The van der Waals surface area contributed by atoms with Crippen LogP contribution < -0.4 is 5.32 Å². The van der Waals surface area contributed by atoms with Crippen molar-refractivity contribution < 1.29 is 14.7 Å². The van der Waals surface area contributed by atoms with Crippen LogP contribution >= 0.6 is 0 Å². The van der Waals surface area contributed by atoms with Crippen LogP contribution in [0.15, 0.2) is 42.5 Å². The molecule has 2 amide bonds. The Morgan fingerprint density at radius 1 is 0.850 bits per heavy atom. The molecule has 2 aromatic rings. The number of imide groups is 1. The number of amides is 2. The molecule has 2 aromatic carbocycles. The van der Waals surface area contributed by atoms with E-state index in [2.05, 4.69) is 5.32 Å². The summed E-state index contributed by atoms with van der Waals surface area (Å²) in [6, 6.07) is 13.0. The lowest BCUT2D eigenvalue weighted by molar-refractivity contribution is 0.0879. The number of carbonyl (C=O) groups is 2. The molecule has 0 saturated heterocycles. The van der Waals surface area contributed by atoms with E-state index in [1.807, 2.05) is 30.3 Å². The Kier molecular flexibility index (Phi) is 3.08. The molecule has 1 aliphatic heterocycles. The molecule has 0 atom stereocenters. The van der Waals surface area contributed by atoms with Gasteiger partial charge in [-0.15, -0.1) is 0 Å². The topological polar surface area (TPSA) is 66.4 Å². The average molecular weight is 267 g/mol. The molecule has 0 saturated carbocycles.